The number of alkyl halides is 2. The molecule has 1 saturated heterocycles. The zero-order valence-electron chi connectivity index (χ0n) is 11.1. The van der Waals surface area contributed by atoms with E-state index in [0.29, 0.717) is 22.3 Å². The van der Waals surface area contributed by atoms with Crippen LogP contribution in [-0.2, 0) is 0 Å². The Bertz CT molecular complexity index is 449. The number of carbonyl (C=O) groups excluding carboxylic acids is 1. The minimum atomic E-state index is -2.49. The van der Waals surface area contributed by atoms with Gasteiger partial charge in [0.2, 0.25) is 0 Å². The van der Waals surface area contributed by atoms with E-state index < -0.39 is 5.76 Å². The molecule has 0 radical (unpaired) electrons. The lowest BCUT2D eigenvalue weighted by Gasteiger charge is -2.21. The third-order valence-corrected chi connectivity index (χ3v) is 4.03. The van der Waals surface area contributed by atoms with Gasteiger partial charge in [0.15, 0.2) is 0 Å². The molecule has 0 atom stereocenters. The highest BCUT2D eigenvalue weighted by atomic mass is 32.2. The lowest BCUT2D eigenvalue weighted by Crippen LogP contribution is -2.35. The van der Waals surface area contributed by atoms with Gasteiger partial charge in [-0.15, -0.1) is 0 Å². The van der Waals surface area contributed by atoms with E-state index >= 15 is 0 Å². The predicted molar refractivity (Wildman–Crippen MR) is 77.4 cm³/mol. The molecule has 1 aromatic rings. The molecule has 6 heteroatoms. The summed E-state index contributed by atoms with van der Waals surface area (Å²) in [6.07, 6.45) is 4.28. The maximum Gasteiger partial charge on any atom is 0.321 e. The molecule has 1 aliphatic rings. The Hall–Kier alpha value is -1.30. The summed E-state index contributed by atoms with van der Waals surface area (Å²) in [5.74, 6) is -2.49. The molecule has 1 aromatic carbocycles. The molecule has 1 aliphatic heterocycles. The van der Waals surface area contributed by atoms with E-state index in [-0.39, 0.29) is 6.03 Å². The van der Waals surface area contributed by atoms with Crippen LogP contribution in [-0.4, -0.2) is 29.8 Å². The van der Waals surface area contributed by atoms with E-state index in [9.17, 15) is 13.6 Å². The second kappa shape index (κ2) is 7.47. The molecular formula is C14H18F2N2OS. The topological polar surface area (TPSA) is 32.3 Å². The molecular weight excluding hydrogens is 282 g/mol. The van der Waals surface area contributed by atoms with Crippen LogP contribution in [0, 0.1) is 0 Å². The first-order valence-electron chi connectivity index (χ1n) is 6.76. The number of carbonyl (C=O) groups is 1. The monoisotopic (exact) mass is 300 g/mol. The largest absolute Gasteiger partial charge is 0.325 e. The Morgan fingerprint density at radius 3 is 2.45 bits per heavy atom. The van der Waals surface area contributed by atoms with Crippen LogP contribution in [0.3, 0.4) is 0 Å². The maximum atomic E-state index is 12.5. The number of hydrogen-bond acceptors (Lipinski definition) is 2. The SMILES string of the molecule is O=C(Nc1ccccc1SC(F)F)N1CCCCCC1. The summed E-state index contributed by atoms with van der Waals surface area (Å²) in [4.78, 5) is 14.3. The Morgan fingerprint density at radius 2 is 1.80 bits per heavy atom. The summed E-state index contributed by atoms with van der Waals surface area (Å²) in [6, 6.07) is 6.46. The third-order valence-electron chi connectivity index (χ3n) is 3.24. The number of urea groups is 1. The molecule has 3 nitrogen and oxygen atoms in total. The van der Waals surface area contributed by atoms with E-state index in [2.05, 4.69) is 5.32 Å². The zero-order valence-corrected chi connectivity index (χ0v) is 12.0. The molecule has 1 fully saturated rings. The van der Waals surface area contributed by atoms with Crippen LogP contribution in [0.4, 0.5) is 19.3 Å². The van der Waals surface area contributed by atoms with Gasteiger partial charge in [0.1, 0.15) is 0 Å². The molecule has 0 spiro atoms. The van der Waals surface area contributed by atoms with Crippen molar-refractivity contribution >= 4 is 23.5 Å². The lowest BCUT2D eigenvalue weighted by atomic mass is 10.2. The Balaban J connectivity index is 2.03. The fourth-order valence-electron chi connectivity index (χ4n) is 2.24. The van der Waals surface area contributed by atoms with Crippen LogP contribution in [0.5, 0.6) is 0 Å². The van der Waals surface area contributed by atoms with Gasteiger partial charge in [0, 0.05) is 18.0 Å². The molecule has 2 amide bonds. The van der Waals surface area contributed by atoms with Gasteiger partial charge in [0.05, 0.1) is 5.69 Å². The average molecular weight is 300 g/mol. The number of thioether (sulfide) groups is 1. The number of nitrogens with one attached hydrogen (secondary N) is 1. The summed E-state index contributed by atoms with van der Waals surface area (Å²) in [7, 11) is 0. The van der Waals surface area contributed by atoms with E-state index in [1.807, 2.05) is 0 Å². The van der Waals surface area contributed by atoms with Gasteiger partial charge in [-0.2, -0.15) is 8.78 Å². The maximum absolute atomic E-state index is 12.5. The van der Waals surface area contributed by atoms with Gasteiger partial charge in [-0.25, -0.2) is 4.79 Å². The van der Waals surface area contributed by atoms with Crippen molar-refractivity contribution in [1.82, 2.24) is 4.90 Å². The fraction of sp³-hybridized carbons (Fsp3) is 0.500. The minimum Gasteiger partial charge on any atom is -0.325 e. The number of nitrogens with zero attached hydrogens (tertiary/aromatic N) is 1. The lowest BCUT2D eigenvalue weighted by molar-refractivity contribution is 0.213. The van der Waals surface area contributed by atoms with Crippen molar-refractivity contribution in [3.8, 4) is 0 Å². The van der Waals surface area contributed by atoms with Crippen LogP contribution < -0.4 is 5.32 Å². The van der Waals surface area contributed by atoms with Gasteiger partial charge in [0.25, 0.3) is 5.76 Å². The van der Waals surface area contributed by atoms with Crippen molar-refractivity contribution in [3.63, 3.8) is 0 Å². The average Bonchev–Trinajstić information content (AvgIpc) is 2.69. The van der Waals surface area contributed by atoms with Crippen molar-refractivity contribution in [2.24, 2.45) is 0 Å². The summed E-state index contributed by atoms with van der Waals surface area (Å²) in [5, 5.41) is 2.75. The minimum absolute atomic E-state index is 0.200. The molecule has 0 bridgehead atoms. The summed E-state index contributed by atoms with van der Waals surface area (Å²) >= 11 is 0.451. The highest BCUT2D eigenvalue weighted by molar-refractivity contribution is 7.99. The van der Waals surface area contributed by atoms with Crippen molar-refractivity contribution < 1.29 is 13.6 Å². The summed E-state index contributed by atoms with van der Waals surface area (Å²) in [6.45, 7) is 1.46. The number of halogens is 2. The first-order chi connectivity index (χ1) is 9.66. The molecule has 0 aliphatic carbocycles. The molecule has 2 rings (SSSR count). The van der Waals surface area contributed by atoms with Crippen LogP contribution in [0.1, 0.15) is 25.7 Å². The molecule has 0 unspecified atom stereocenters. The first-order valence-corrected chi connectivity index (χ1v) is 7.64. The van der Waals surface area contributed by atoms with Gasteiger partial charge in [-0.1, -0.05) is 36.7 Å². The van der Waals surface area contributed by atoms with Gasteiger partial charge < -0.3 is 10.2 Å². The van der Waals surface area contributed by atoms with E-state index in [0.717, 1.165) is 38.8 Å². The number of amides is 2. The summed E-state index contributed by atoms with van der Waals surface area (Å²) in [5.41, 5.74) is 0.451. The van der Waals surface area contributed by atoms with E-state index in [1.165, 1.54) is 0 Å². The standard InChI is InChI=1S/C14H18F2N2OS/c15-13(16)20-12-8-4-3-7-11(12)17-14(19)18-9-5-1-2-6-10-18/h3-4,7-8,13H,1-2,5-6,9-10H2,(H,17,19). The Morgan fingerprint density at radius 1 is 1.15 bits per heavy atom. The van der Waals surface area contributed by atoms with E-state index in [1.54, 1.807) is 29.2 Å². The number of benzene rings is 1. The highest BCUT2D eigenvalue weighted by Gasteiger charge is 2.17. The quantitative estimate of drug-likeness (QED) is 0.839. The summed E-state index contributed by atoms with van der Waals surface area (Å²) < 4.78 is 25.0. The molecule has 20 heavy (non-hydrogen) atoms. The number of para-hydroxylation sites is 1. The third kappa shape index (κ3) is 4.37. The van der Waals surface area contributed by atoms with Crippen molar-refractivity contribution in [2.45, 2.75) is 36.3 Å². The molecule has 1 N–H and O–H groups in total. The Labute approximate surface area is 121 Å². The number of anilines is 1. The molecule has 110 valence electrons. The molecule has 1 heterocycles. The zero-order chi connectivity index (χ0) is 14.4. The van der Waals surface area contributed by atoms with Crippen LogP contribution in [0.2, 0.25) is 0 Å². The van der Waals surface area contributed by atoms with Crippen molar-refractivity contribution in [2.75, 3.05) is 18.4 Å². The molecule has 0 aromatic heterocycles. The van der Waals surface area contributed by atoms with E-state index in [4.69, 9.17) is 0 Å². The highest BCUT2D eigenvalue weighted by Crippen LogP contribution is 2.31. The van der Waals surface area contributed by atoms with Crippen molar-refractivity contribution in [3.05, 3.63) is 24.3 Å². The number of rotatable bonds is 3. The normalized spacial score (nSPS) is 16.1. The number of likely N-dealkylation sites (tertiary alicyclic amines) is 1. The van der Waals surface area contributed by atoms with Gasteiger partial charge in [-0.3, -0.25) is 0 Å². The number of hydrogen-bond donors (Lipinski definition) is 1. The van der Waals surface area contributed by atoms with Gasteiger partial charge in [-0.05, 0) is 25.0 Å². The van der Waals surface area contributed by atoms with Crippen LogP contribution in [0.25, 0.3) is 0 Å². The first kappa shape index (κ1) is 15.1. The van der Waals surface area contributed by atoms with Crippen molar-refractivity contribution in [1.29, 1.82) is 0 Å². The smallest absolute Gasteiger partial charge is 0.321 e. The Kier molecular flexibility index (Phi) is 5.64. The fourth-order valence-corrected chi connectivity index (χ4v) is 2.83. The van der Waals surface area contributed by atoms with Gasteiger partial charge >= 0.3 is 6.03 Å². The second-order valence-electron chi connectivity index (χ2n) is 4.71. The second-order valence-corrected chi connectivity index (χ2v) is 5.74. The molecule has 0 saturated carbocycles. The predicted octanol–water partition coefficient (Wildman–Crippen LogP) is 4.41. The van der Waals surface area contributed by atoms with Crippen LogP contribution in [0.15, 0.2) is 29.2 Å². The van der Waals surface area contributed by atoms with Crippen LogP contribution >= 0.6 is 11.8 Å².